The van der Waals surface area contributed by atoms with Gasteiger partial charge in [0.25, 0.3) is 11.5 Å². The lowest BCUT2D eigenvalue weighted by Crippen LogP contribution is -2.35. The van der Waals surface area contributed by atoms with Crippen LogP contribution in [0.3, 0.4) is 0 Å². The maximum absolute atomic E-state index is 13.6. The summed E-state index contributed by atoms with van der Waals surface area (Å²) >= 11 is 0. The average molecular weight is 490 g/mol. The highest BCUT2D eigenvalue weighted by atomic mass is 16.5. The molecule has 1 aliphatic heterocycles. The van der Waals surface area contributed by atoms with Crippen molar-refractivity contribution in [3.05, 3.63) is 75.8 Å². The van der Waals surface area contributed by atoms with Crippen molar-refractivity contribution in [1.82, 2.24) is 14.5 Å². The highest BCUT2D eigenvalue weighted by Gasteiger charge is 2.35. The van der Waals surface area contributed by atoms with Crippen LogP contribution in [-0.2, 0) is 0 Å². The minimum absolute atomic E-state index is 0.0170. The van der Waals surface area contributed by atoms with E-state index in [1.807, 2.05) is 18.2 Å². The number of para-hydroxylation sites is 1. The van der Waals surface area contributed by atoms with Crippen LogP contribution in [0.25, 0.3) is 5.69 Å². The van der Waals surface area contributed by atoms with Crippen molar-refractivity contribution in [1.29, 1.82) is 0 Å². The molecule has 1 saturated heterocycles. The predicted octanol–water partition coefficient (Wildman–Crippen LogP) is 4.24. The molecule has 2 fully saturated rings. The number of aromatic hydroxyl groups is 1. The molecule has 2 heterocycles. The van der Waals surface area contributed by atoms with Crippen LogP contribution in [0.4, 0.5) is 0 Å². The predicted molar refractivity (Wildman–Crippen MR) is 136 cm³/mol. The Morgan fingerprint density at radius 1 is 0.944 bits per heavy atom. The molecule has 8 heteroatoms. The van der Waals surface area contributed by atoms with E-state index in [2.05, 4.69) is 17.1 Å². The first-order valence-electron chi connectivity index (χ1n) is 12.4. The minimum atomic E-state index is -0.701. The van der Waals surface area contributed by atoms with Crippen molar-refractivity contribution >= 4 is 5.91 Å². The number of carbonyl (C=O) groups is 1. The molecule has 1 saturated carbocycles. The summed E-state index contributed by atoms with van der Waals surface area (Å²) in [5.41, 5.74) is 0.557. The Balaban J connectivity index is 1.62. The van der Waals surface area contributed by atoms with Gasteiger partial charge in [-0.2, -0.15) is 4.98 Å². The number of likely N-dealkylation sites (tertiary alicyclic amines) is 1. The topological polar surface area (TPSA) is 93.9 Å². The van der Waals surface area contributed by atoms with Gasteiger partial charge in [0.05, 0.1) is 14.2 Å². The van der Waals surface area contributed by atoms with E-state index in [1.165, 1.54) is 18.8 Å². The number of hydrogen-bond donors (Lipinski definition) is 1. The van der Waals surface area contributed by atoms with E-state index in [4.69, 9.17) is 9.47 Å². The van der Waals surface area contributed by atoms with Crippen molar-refractivity contribution in [2.75, 3.05) is 27.3 Å². The van der Waals surface area contributed by atoms with Crippen LogP contribution < -0.4 is 15.0 Å². The lowest BCUT2D eigenvalue weighted by molar-refractivity contribution is 0.0784. The molecule has 0 bridgehead atoms. The summed E-state index contributed by atoms with van der Waals surface area (Å²) in [6, 6.07) is 15.3. The van der Waals surface area contributed by atoms with Gasteiger partial charge in [-0.25, -0.2) is 0 Å². The molecular formula is C28H31N3O5. The molecule has 188 valence electrons. The second-order valence-electron chi connectivity index (χ2n) is 9.45. The van der Waals surface area contributed by atoms with E-state index < -0.39 is 17.3 Å². The molecule has 0 unspecified atom stereocenters. The van der Waals surface area contributed by atoms with Gasteiger partial charge in [0.2, 0.25) is 5.88 Å². The lowest BCUT2D eigenvalue weighted by Gasteiger charge is -2.24. The van der Waals surface area contributed by atoms with Crippen molar-refractivity contribution < 1.29 is 19.4 Å². The summed E-state index contributed by atoms with van der Waals surface area (Å²) in [5.74, 6) is 0.544. The second kappa shape index (κ2) is 10.0. The Morgan fingerprint density at radius 3 is 2.25 bits per heavy atom. The molecule has 8 nitrogen and oxygen atoms in total. The molecular weight excluding hydrogens is 458 g/mol. The number of ether oxygens (including phenoxy) is 2. The summed E-state index contributed by atoms with van der Waals surface area (Å²) < 4.78 is 12.7. The molecule has 1 N–H and O–H groups in total. The van der Waals surface area contributed by atoms with Gasteiger partial charge in [-0.05, 0) is 37.0 Å². The maximum Gasteiger partial charge on any atom is 0.289 e. The highest BCUT2D eigenvalue weighted by Crippen LogP contribution is 2.41. The van der Waals surface area contributed by atoms with Crippen LogP contribution in [0.5, 0.6) is 17.4 Å². The van der Waals surface area contributed by atoms with Crippen LogP contribution in [-0.4, -0.2) is 52.8 Å². The van der Waals surface area contributed by atoms with Crippen LogP contribution in [0.1, 0.15) is 65.7 Å². The first kappa shape index (κ1) is 23.9. The van der Waals surface area contributed by atoms with Gasteiger partial charge >= 0.3 is 0 Å². The van der Waals surface area contributed by atoms with E-state index in [0.29, 0.717) is 36.1 Å². The molecule has 5 rings (SSSR count). The zero-order valence-corrected chi connectivity index (χ0v) is 20.6. The highest BCUT2D eigenvalue weighted by molar-refractivity contribution is 5.96. The number of carbonyl (C=O) groups excluding carboxylic acids is 1. The largest absolute Gasteiger partial charge is 0.494 e. The quantitative estimate of drug-likeness (QED) is 0.557. The fraction of sp³-hybridized carbons (Fsp3) is 0.393. The van der Waals surface area contributed by atoms with E-state index in [9.17, 15) is 14.7 Å². The van der Waals surface area contributed by atoms with Crippen molar-refractivity contribution in [3.8, 4) is 23.1 Å². The summed E-state index contributed by atoms with van der Waals surface area (Å²) in [4.78, 5) is 32.9. The van der Waals surface area contributed by atoms with E-state index in [0.717, 1.165) is 37.7 Å². The Morgan fingerprint density at radius 2 is 1.61 bits per heavy atom. The van der Waals surface area contributed by atoms with E-state index >= 15 is 0 Å². The van der Waals surface area contributed by atoms with Gasteiger partial charge in [0.15, 0.2) is 5.56 Å². The third kappa shape index (κ3) is 4.21. The fourth-order valence-electron chi connectivity index (χ4n) is 5.54. The molecule has 1 aliphatic carbocycles. The first-order chi connectivity index (χ1) is 17.5. The number of aromatic nitrogens is 2. The van der Waals surface area contributed by atoms with E-state index in [1.54, 1.807) is 23.1 Å². The van der Waals surface area contributed by atoms with Crippen LogP contribution >= 0.6 is 0 Å². The molecule has 1 atom stereocenters. The van der Waals surface area contributed by atoms with Crippen molar-refractivity contribution in [2.45, 2.75) is 43.9 Å². The summed E-state index contributed by atoms with van der Waals surface area (Å²) in [6.07, 6.45) is 4.51. The Hall–Kier alpha value is -3.81. The van der Waals surface area contributed by atoms with Crippen LogP contribution in [0.15, 0.2) is 53.3 Å². The second-order valence-corrected chi connectivity index (χ2v) is 9.45. The number of rotatable bonds is 6. The zero-order chi connectivity index (χ0) is 25.2. The van der Waals surface area contributed by atoms with Gasteiger partial charge in [0, 0.05) is 24.9 Å². The molecule has 0 radical (unpaired) electrons. The standard InChI is InChI=1S/C28H31N3O5/c1-35-21-13-8-14-22(36-2)24(21)31-25(19-11-6-7-12-19)29-26(32)23(28(31)34)27(33)30-16-15-20(17-30)18-9-4-3-5-10-18/h3-5,8-10,13-14,19-20,34H,6-7,11-12,15-17H2,1-2H3/t20-/m1/s1. The number of hydrogen-bond acceptors (Lipinski definition) is 6. The van der Waals surface area contributed by atoms with Gasteiger partial charge < -0.3 is 19.5 Å². The third-order valence-electron chi connectivity index (χ3n) is 7.40. The smallest absolute Gasteiger partial charge is 0.289 e. The molecule has 36 heavy (non-hydrogen) atoms. The monoisotopic (exact) mass is 489 g/mol. The van der Waals surface area contributed by atoms with Gasteiger partial charge in [0.1, 0.15) is 23.0 Å². The summed E-state index contributed by atoms with van der Waals surface area (Å²) in [6.45, 7) is 0.976. The molecule has 2 aromatic carbocycles. The van der Waals surface area contributed by atoms with Crippen molar-refractivity contribution in [3.63, 3.8) is 0 Å². The Kier molecular flexibility index (Phi) is 6.67. The fourth-order valence-corrected chi connectivity index (χ4v) is 5.54. The Bertz CT molecular complexity index is 1290. The molecule has 3 aromatic rings. The van der Waals surface area contributed by atoms with Crippen molar-refractivity contribution in [2.24, 2.45) is 0 Å². The van der Waals surface area contributed by atoms with Crippen LogP contribution in [0.2, 0.25) is 0 Å². The third-order valence-corrected chi connectivity index (χ3v) is 7.40. The SMILES string of the molecule is COc1cccc(OC)c1-n1c(C2CCCC2)nc(=O)c(C(=O)N2CC[C@@H](c3ccccc3)C2)c1O. The Labute approximate surface area is 210 Å². The molecule has 2 aliphatic rings. The number of methoxy groups -OCH3 is 2. The minimum Gasteiger partial charge on any atom is -0.494 e. The molecule has 1 aromatic heterocycles. The normalized spacial score (nSPS) is 17.9. The number of nitrogens with zero attached hydrogens (tertiary/aromatic N) is 3. The average Bonchev–Trinajstić information content (AvgIpc) is 3.61. The lowest BCUT2D eigenvalue weighted by atomic mass is 9.99. The summed E-state index contributed by atoms with van der Waals surface area (Å²) in [7, 11) is 3.06. The molecule has 1 amide bonds. The first-order valence-corrected chi connectivity index (χ1v) is 12.4. The van der Waals surface area contributed by atoms with Gasteiger partial charge in [-0.1, -0.05) is 49.2 Å². The zero-order valence-electron chi connectivity index (χ0n) is 20.6. The van der Waals surface area contributed by atoms with Crippen LogP contribution in [0, 0.1) is 0 Å². The molecule has 0 spiro atoms. The van der Waals surface area contributed by atoms with Gasteiger partial charge in [-0.3, -0.25) is 14.2 Å². The number of benzene rings is 2. The van der Waals surface area contributed by atoms with Gasteiger partial charge in [-0.15, -0.1) is 0 Å². The number of amides is 1. The van der Waals surface area contributed by atoms with E-state index in [-0.39, 0.29) is 17.4 Å². The summed E-state index contributed by atoms with van der Waals surface area (Å²) in [5, 5.41) is 11.6. The maximum atomic E-state index is 13.6.